The maximum atomic E-state index is 2.14. The van der Waals surface area contributed by atoms with Gasteiger partial charge in [0.1, 0.15) is 0 Å². The summed E-state index contributed by atoms with van der Waals surface area (Å²) in [7, 11) is 0. The van der Waals surface area contributed by atoms with E-state index in [2.05, 4.69) is 46.1 Å². The third kappa shape index (κ3) is 2.10. The van der Waals surface area contributed by atoms with E-state index >= 15 is 0 Å². The molecular formula is C14H12N2S+2. The lowest BCUT2D eigenvalue weighted by atomic mass is 10.4. The summed E-state index contributed by atoms with van der Waals surface area (Å²) in [6.07, 6.45) is 8.24. The monoisotopic (exact) mass is 240 g/mol. The number of pyridine rings is 2. The molecule has 0 saturated heterocycles. The lowest BCUT2D eigenvalue weighted by Crippen LogP contribution is -2.28. The summed E-state index contributed by atoms with van der Waals surface area (Å²) in [4.78, 5) is 0. The molecule has 0 amide bonds. The fourth-order valence-corrected chi connectivity index (χ4v) is 2.63. The van der Waals surface area contributed by atoms with E-state index in [1.165, 1.54) is 10.0 Å². The molecule has 17 heavy (non-hydrogen) atoms. The Kier molecular flexibility index (Phi) is 2.68. The van der Waals surface area contributed by atoms with E-state index in [9.17, 15) is 0 Å². The van der Waals surface area contributed by atoms with Crippen molar-refractivity contribution in [2.75, 3.05) is 0 Å². The van der Waals surface area contributed by atoms with Crippen molar-refractivity contribution >= 4 is 11.3 Å². The minimum atomic E-state index is 1.22. The molecule has 3 rings (SSSR count). The van der Waals surface area contributed by atoms with Gasteiger partial charge in [0, 0.05) is 36.4 Å². The van der Waals surface area contributed by atoms with E-state index in [4.69, 9.17) is 0 Å². The van der Waals surface area contributed by atoms with Gasteiger partial charge in [-0.1, -0.05) is 12.1 Å². The zero-order valence-corrected chi connectivity index (χ0v) is 10.0. The molecule has 0 N–H and O–H groups in total. The quantitative estimate of drug-likeness (QED) is 0.607. The maximum Gasteiger partial charge on any atom is 0.273 e. The van der Waals surface area contributed by atoms with Crippen LogP contribution in [0, 0.1) is 0 Å². The molecule has 3 heteroatoms. The fourth-order valence-electron chi connectivity index (χ4n) is 1.69. The van der Waals surface area contributed by atoms with Crippen LogP contribution in [0.5, 0.6) is 0 Å². The van der Waals surface area contributed by atoms with Crippen LogP contribution in [0.25, 0.3) is 10.0 Å². The summed E-state index contributed by atoms with van der Waals surface area (Å²) in [5.41, 5.74) is 0. The van der Waals surface area contributed by atoms with Crippen LogP contribution in [0.15, 0.2) is 73.3 Å². The third-order valence-electron chi connectivity index (χ3n) is 2.52. The molecule has 0 spiro atoms. The Morgan fingerprint density at radius 3 is 1.41 bits per heavy atom. The first-order valence-electron chi connectivity index (χ1n) is 5.47. The molecule has 3 heterocycles. The average Bonchev–Trinajstić information content (AvgIpc) is 2.90. The third-order valence-corrected chi connectivity index (χ3v) is 3.63. The van der Waals surface area contributed by atoms with Crippen molar-refractivity contribution < 1.29 is 9.13 Å². The molecule has 0 unspecified atom stereocenters. The average molecular weight is 240 g/mol. The van der Waals surface area contributed by atoms with Gasteiger partial charge in [0.25, 0.3) is 10.0 Å². The summed E-state index contributed by atoms with van der Waals surface area (Å²) >= 11 is 1.76. The zero-order valence-electron chi connectivity index (χ0n) is 9.23. The van der Waals surface area contributed by atoms with Crippen LogP contribution in [0.2, 0.25) is 0 Å². The van der Waals surface area contributed by atoms with E-state index in [1.807, 2.05) is 36.4 Å². The standard InChI is InChI=1S/C14H12N2S/c1-3-9-15(10-4-1)13-7-8-14(17-13)16-11-5-2-6-12-16/h1-12H/q+2. The van der Waals surface area contributed by atoms with Crippen LogP contribution in [0.4, 0.5) is 0 Å². The highest BCUT2D eigenvalue weighted by atomic mass is 32.1. The minimum absolute atomic E-state index is 1.22. The molecule has 0 fully saturated rings. The molecule has 0 atom stereocenters. The molecule has 3 aromatic heterocycles. The second kappa shape index (κ2) is 4.47. The Bertz CT molecular complexity index is 548. The molecule has 3 aromatic rings. The maximum absolute atomic E-state index is 2.14. The van der Waals surface area contributed by atoms with E-state index in [-0.39, 0.29) is 0 Å². The topological polar surface area (TPSA) is 7.76 Å². The lowest BCUT2D eigenvalue weighted by molar-refractivity contribution is -0.594. The second-order valence-electron chi connectivity index (χ2n) is 3.68. The summed E-state index contributed by atoms with van der Waals surface area (Å²) in [5.74, 6) is 0. The van der Waals surface area contributed by atoms with Gasteiger partial charge in [0.2, 0.25) is 0 Å². The number of rotatable bonds is 2. The van der Waals surface area contributed by atoms with Crippen LogP contribution < -0.4 is 9.13 Å². The lowest BCUT2D eigenvalue weighted by Gasteiger charge is -1.88. The first-order chi connectivity index (χ1) is 8.43. The van der Waals surface area contributed by atoms with Gasteiger partial charge in [-0.15, -0.1) is 0 Å². The number of nitrogens with zero attached hydrogens (tertiary/aromatic N) is 2. The largest absolute Gasteiger partial charge is 0.273 e. The predicted octanol–water partition coefficient (Wildman–Crippen LogP) is 2.30. The van der Waals surface area contributed by atoms with E-state index in [0.29, 0.717) is 0 Å². The van der Waals surface area contributed by atoms with Gasteiger partial charge in [-0.3, -0.25) is 0 Å². The predicted molar refractivity (Wildman–Crippen MR) is 67.4 cm³/mol. The Hall–Kier alpha value is -2.00. The molecule has 0 aliphatic rings. The normalized spacial score (nSPS) is 10.4. The highest BCUT2D eigenvalue weighted by Gasteiger charge is 2.14. The highest BCUT2D eigenvalue weighted by Crippen LogP contribution is 2.15. The SMILES string of the molecule is c1cc[n+](-c2ccc(-[n+]3ccccc3)s2)cc1. The Balaban J connectivity index is 1.99. The minimum Gasteiger partial charge on any atom is -0.158 e. The van der Waals surface area contributed by atoms with Gasteiger partial charge >= 0.3 is 0 Å². The van der Waals surface area contributed by atoms with Gasteiger partial charge in [-0.05, 0) is 11.3 Å². The molecule has 0 aromatic carbocycles. The van der Waals surface area contributed by atoms with Crippen molar-refractivity contribution in [3.8, 4) is 10.0 Å². The first kappa shape index (κ1) is 10.2. The van der Waals surface area contributed by atoms with Crippen LogP contribution >= 0.6 is 11.3 Å². The van der Waals surface area contributed by atoms with Crippen LogP contribution in [-0.4, -0.2) is 0 Å². The van der Waals surface area contributed by atoms with Crippen molar-refractivity contribution in [2.45, 2.75) is 0 Å². The molecule has 0 radical (unpaired) electrons. The Labute approximate surface area is 104 Å². The first-order valence-corrected chi connectivity index (χ1v) is 6.28. The summed E-state index contributed by atoms with van der Waals surface area (Å²) in [5, 5.41) is 2.44. The van der Waals surface area contributed by atoms with E-state index < -0.39 is 0 Å². The van der Waals surface area contributed by atoms with Crippen LogP contribution in [-0.2, 0) is 0 Å². The molecule has 0 aliphatic carbocycles. The van der Waals surface area contributed by atoms with Crippen molar-refractivity contribution in [3.05, 3.63) is 73.3 Å². The molecule has 0 aliphatic heterocycles. The molecule has 82 valence electrons. The van der Waals surface area contributed by atoms with Crippen molar-refractivity contribution in [1.82, 2.24) is 0 Å². The van der Waals surface area contributed by atoms with Crippen LogP contribution in [0.1, 0.15) is 0 Å². The molecule has 0 bridgehead atoms. The fraction of sp³-hybridized carbons (Fsp3) is 0. The second-order valence-corrected chi connectivity index (χ2v) is 4.72. The van der Waals surface area contributed by atoms with Gasteiger partial charge < -0.3 is 0 Å². The number of aromatic nitrogens is 2. The zero-order chi connectivity index (χ0) is 11.5. The van der Waals surface area contributed by atoms with Gasteiger partial charge in [-0.2, -0.15) is 9.13 Å². The highest BCUT2D eigenvalue weighted by molar-refractivity contribution is 7.15. The van der Waals surface area contributed by atoms with Gasteiger partial charge in [0.15, 0.2) is 24.8 Å². The van der Waals surface area contributed by atoms with E-state index in [0.717, 1.165) is 0 Å². The van der Waals surface area contributed by atoms with Gasteiger partial charge in [-0.25, -0.2) is 0 Å². The summed E-state index contributed by atoms with van der Waals surface area (Å²) in [6, 6.07) is 16.5. The van der Waals surface area contributed by atoms with E-state index in [1.54, 1.807) is 11.3 Å². The summed E-state index contributed by atoms with van der Waals surface area (Å²) < 4.78 is 4.25. The Morgan fingerprint density at radius 1 is 0.588 bits per heavy atom. The van der Waals surface area contributed by atoms with Crippen molar-refractivity contribution in [1.29, 1.82) is 0 Å². The summed E-state index contributed by atoms with van der Waals surface area (Å²) in [6.45, 7) is 0. The Morgan fingerprint density at radius 2 is 1.00 bits per heavy atom. The van der Waals surface area contributed by atoms with Crippen molar-refractivity contribution in [3.63, 3.8) is 0 Å². The van der Waals surface area contributed by atoms with Crippen LogP contribution in [0.3, 0.4) is 0 Å². The molecule has 0 saturated carbocycles. The van der Waals surface area contributed by atoms with Crippen molar-refractivity contribution in [2.24, 2.45) is 0 Å². The molecular weight excluding hydrogens is 228 g/mol. The molecule has 2 nitrogen and oxygen atoms in total. The number of hydrogen-bond donors (Lipinski definition) is 0. The van der Waals surface area contributed by atoms with Gasteiger partial charge in [0.05, 0.1) is 0 Å². The smallest absolute Gasteiger partial charge is 0.158 e. The number of hydrogen-bond acceptors (Lipinski definition) is 1. The number of thiophene rings is 1.